The Bertz CT molecular complexity index is 1470. The Morgan fingerprint density at radius 1 is 1.08 bits per heavy atom. The molecule has 0 atom stereocenters. The van der Waals surface area contributed by atoms with Gasteiger partial charge in [-0.2, -0.15) is 0 Å². The highest BCUT2D eigenvalue weighted by molar-refractivity contribution is 7.18. The molecular formula is C27H27N3O5S. The molecule has 0 radical (unpaired) electrons. The molecule has 0 unspecified atom stereocenters. The fourth-order valence-electron chi connectivity index (χ4n) is 4.04. The molecule has 8 nitrogen and oxygen atoms in total. The average molecular weight is 506 g/mol. The van der Waals surface area contributed by atoms with Gasteiger partial charge >= 0.3 is 5.97 Å². The summed E-state index contributed by atoms with van der Waals surface area (Å²) in [4.78, 5) is 46.1. The number of ether oxygens (including phenoxy) is 1. The van der Waals surface area contributed by atoms with Gasteiger partial charge in [0.2, 0.25) is 0 Å². The molecule has 0 aliphatic rings. The number of esters is 1. The number of aromatic nitrogens is 1. The van der Waals surface area contributed by atoms with Crippen LogP contribution >= 0.6 is 11.3 Å². The first-order valence-corrected chi connectivity index (χ1v) is 12.4. The standard InChI is InChI=1S/C27H27N3O5S/c1-6-30(7-2)26(32)23-16(4)22(27(33)34-5)25(36-23)29-24(31)18-14-20(21-13-12-15(3)35-21)28-19-11-9-8-10-17(18)19/h8-14H,6-7H2,1-5H3,(H,29,31). The highest BCUT2D eigenvalue weighted by Gasteiger charge is 2.28. The van der Waals surface area contributed by atoms with Crippen LogP contribution in [0.15, 0.2) is 46.9 Å². The molecule has 3 aromatic heterocycles. The second-order valence-electron chi connectivity index (χ2n) is 8.17. The molecule has 36 heavy (non-hydrogen) atoms. The number of carbonyl (C=O) groups excluding carboxylic acids is 3. The highest BCUT2D eigenvalue weighted by atomic mass is 32.1. The van der Waals surface area contributed by atoms with E-state index in [9.17, 15) is 14.4 Å². The number of amides is 2. The first-order valence-electron chi connectivity index (χ1n) is 11.6. The maximum absolute atomic E-state index is 13.6. The summed E-state index contributed by atoms with van der Waals surface area (Å²) in [6, 6.07) is 12.6. The van der Waals surface area contributed by atoms with Crippen molar-refractivity contribution in [2.24, 2.45) is 0 Å². The predicted octanol–water partition coefficient (Wildman–Crippen LogP) is 5.69. The second-order valence-corrected chi connectivity index (χ2v) is 9.19. The zero-order valence-corrected chi connectivity index (χ0v) is 21.6. The summed E-state index contributed by atoms with van der Waals surface area (Å²) in [6.45, 7) is 8.36. The number of aryl methyl sites for hydroxylation is 1. The predicted molar refractivity (Wildman–Crippen MR) is 140 cm³/mol. The van der Waals surface area contributed by atoms with Gasteiger partial charge in [0.1, 0.15) is 16.5 Å². The monoisotopic (exact) mass is 505 g/mol. The number of nitrogens with one attached hydrogen (secondary N) is 1. The maximum Gasteiger partial charge on any atom is 0.341 e. The van der Waals surface area contributed by atoms with E-state index >= 15 is 0 Å². The van der Waals surface area contributed by atoms with Gasteiger partial charge in [-0.3, -0.25) is 9.59 Å². The van der Waals surface area contributed by atoms with Gasteiger partial charge in [0.25, 0.3) is 11.8 Å². The Hall–Kier alpha value is -3.98. The minimum absolute atomic E-state index is 0.173. The smallest absolute Gasteiger partial charge is 0.341 e. The van der Waals surface area contributed by atoms with E-state index in [1.54, 1.807) is 24.0 Å². The molecule has 4 aromatic rings. The Kier molecular flexibility index (Phi) is 7.21. The number of methoxy groups -OCH3 is 1. The molecule has 0 fully saturated rings. The van der Waals surface area contributed by atoms with Gasteiger partial charge in [-0.15, -0.1) is 11.3 Å². The van der Waals surface area contributed by atoms with Gasteiger partial charge in [0.15, 0.2) is 5.76 Å². The van der Waals surface area contributed by atoms with Gasteiger partial charge in [0, 0.05) is 18.5 Å². The highest BCUT2D eigenvalue weighted by Crippen LogP contribution is 2.35. The van der Waals surface area contributed by atoms with Crippen molar-refractivity contribution in [3.8, 4) is 11.5 Å². The Morgan fingerprint density at radius 3 is 2.44 bits per heavy atom. The third-order valence-corrected chi connectivity index (χ3v) is 7.16. The number of fused-ring (bicyclic) bond motifs is 1. The molecule has 0 bridgehead atoms. The van der Waals surface area contributed by atoms with Crippen molar-refractivity contribution in [1.29, 1.82) is 0 Å². The molecule has 2 amide bonds. The lowest BCUT2D eigenvalue weighted by Crippen LogP contribution is -2.30. The molecule has 1 aromatic carbocycles. The second kappa shape index (κ2) is 10.3. The molecule has 1 N–H and O–H groups in total. The summed E-state index contributed by atoms with van der Waals surface area (Å²) in [5, 5.41) is 3.77. The van der Waals surface area contributed by atoms with Crippen LogP contribution in [0, 0.1) is 13.8 Å². The van der Waals surface area contributed by atoms with Crippen LogP contribution in [0.5, 0.6) is 0 Å². The lowest BCUT2D eigenvalue weighted by molar-refractivity contribution is 0.0601. The lowest BCUT2D eigenvalue weighted by atomic mass is 10.1. The summed E-state index contributed by atoms with van der Waals surface area (Å²) >= 11 is 1.07. The normalized spacial score (nSPS) is 10.9. The van der Waals surface area contributed by atoms with E-state index in [1.165, 1.54) is 7.11 Å². The number of rotatable bonds is 7. The zero-order valence-electron chi connectivity index (χ0n) is 20.8. The summed E-state index contributed by atoms with van der Waals surface area (Å²) in [7, 11) is 1.27. The maximum atomic E-state index is 13.6. The van der Waals surface area contributed by atoms with E-state index in [2.05, 4.69) is 10.3 Å². The van der Waals surface area contributed by atoms with Crippen LogP contribution in [0.25, 0.3) is 22.4 Å². The fraction of sp³-hybridized carbons (Fsp3) is 0.259. The van der Waals surface area contributed by atoms with E-state index in [4.69, 9.17) is 9.15 Å². The van der Waals surface area contributed by atoms with Crippen LogP contribution in [-0.4, -0.2) is 47.9 Å². The Morgan fingerprint density at radius 2 is 1.81 bits per heavy atom. The SMILES string of the molecule is CCN(CC)C(=O)c1sc(NC(=O)c2cc(-c3ccc(C)o3)nc3ccccc23)c(C(=O)OC)c1C. The summed E-state index contributed by atoms with van der Waals surface area (Å²) in [6.07, 6.45) is 0. The summed E-state index contributed by atoms with van der Waals surface area (Å²) in [5.41, 5.74) is 2.15. The molecule has 186 valence electrons. The number of pyridine rings is 1. The van der Waals surface area contributed by atoms with Crippen molar-refractivity contribution >= 4 is 45.0 Å². The molecular weight excluding hydrogens is 478 g/mol. The first-order chi connectivity index (χ1) is 17.3. The topological polar surface area (TPSA) is 102 Å². The molecule has 0 spiro atoms. The minimum Gasteiger partial charge on any atom is -0.465 e. The van der Waals surface area contributed by atoms with Crippen molar-refractivity contribution in [2.75, 3.05) is 25.5 Å². The number of hydrogen-bond donors (Lipinski definition) is 1. The van der Waals surface area contributed by atoms with Crippen molar-refractivity contribution in [3.05, 3.63) is 69.8 Å². The van der Waals surface area contributed by atoms with Crippen LogP contribution in [-0.2, 0) is 4.74 Å². The summed E-state index contributed by atoms with van der Waals surface area (Å²) in [5.74, 6) is 0.0168. The van der Waals surface area contributed by atoms with Crippen LogP contribution in [0.4, 0.5) is 5.00 Å². The Balaban J connectivity index is 1.80. The van der Waals surface area contributed by atoms with E-state index in [0.29, 0.717) is 51.5 Å². The largest absolute Gasteiger partial charge is 0.465 e. The number of carbonyl (C=O) groups is 3. The molecule has 0 saturated heterocycles. The third kappa shape index (κ3) is 4.61. The van der Waals surface area contributed by atoms with Gasteiger partial charge < -0.3 is 19.4 Å². The zero-order chi connectivity index (χ0) is 26.0. The number of anilines is 1. The van der Waals surface area contributed by atoms with Crippen molar-refractivity contribution < 1.29 is 23.5 Å². The molecule has 0 aliphatic heterocycles. The molecule has 9 heteroatoms. The number of furan rings is 1. The molecule has 0 aliphatic carbocycles. The minimum atomic E-state index is -0.621. The van der Waals surface area contributed by atoms with E-state index in [1.807, 2.05) is 51.1 Å². The van der Waals surface area contributed by atoms with Crippen molar-refractivity contribution in [2.45, 2.75) is 27.7 Å². The number of benzene rings is 1. The van der Waals surface area contributed by atoms with E-state index in [-0.39, 0.29) is 16.5 Å². The Labute approximate surface area is 212 Å². The lowest BCUT2D eigenvalue weighted by Gasteiger charge is -2.17. The first kappa shape index (κ1) is 25.1. The van der Waals surface area contributed by atoms with Gasteiger partial charge in [-0.25, -0.2) is 9.78 Å². The summed E-state index contributed by atoms with van der Waals surface area (Å²) < 4.78 is 10.7. The van der Waals surface area contributed by atoms with Crippen molar-refractivity contribution in [1.82, 2.24) is 9.88 Å². The number of para-hydroxylation sites is 1. The quantitative estimate of drug-likeness (QED) is 0.324. The average Bonchev–Trinajstić information content (AvgIpc) is 3.46. The van der Waals surface area contributed by atoms with Crippen LogP contribution in [0.2, 0.25) is 0 Å². The van der Waals surface area contributed by atoms with Crippen LogP contribution < -0.4 is 5.32 Å². The molecule has 3 heterocycles. The van der Waals surface area contributed by atoms with Gasteiger partial charge in [0.05, 0.1) is 28.6 Å². The van der Waals surface area contributed by atoms with Crippen molar-refractivity contribution in [3.63, 3.8) is 0 Å². The fourth-order valence-corrected chi connectivity index (χ4v) is 5.20. The number of thiophene rings is 1. The molecule has 0 saturated carbocycles. The van der Waals surface area contributed by atoms with Crippen LogP contribution in [0.1, 0.15) is 55.6 Å². The van der Waals surface area contributed by atoms with Gasteiger partial charge in [-0.05, 0) is 57.5 Å². The van der Waals surface area contributed by atoms with Gasteiger partial charge in [-0.1, -0.05) is 18.2 Å². The van der Waals surface area contributed by atoms with E-state index < -0.39 is 11.9 Å². The molecule has 4 rings (SSSR count). The number of nitrogens with zero attached hydrogens (tertiary/aromatic N) is 2. The van der Waals surface area contributed by atoms with E-state index in [0.717, 1.165) is 17.1 Å². The number of hydrogen-bond acceptors (Lipinski definition) is 7. The third-order valence-electron chi connectivity index (χ3n) is 5.96. The van der Waals surface area contributed by atoms with Crippen LogP contribution in [0.3, 0.4) is 0 Å².